The lowest BCUT2D eigenvalue weighted by Crippen LogP contribution is -2.47. The largest absolute Gasteiger partial charge is 0.493 e. The number of hydrogen-bond acceptors (Lipinski definition) is 4. The van der Waals surface area contributed by atoms with Crippen LogP contribution in [0.5, 0.6) is 11.5 Å². The van der Waals surface area contributed by atoms with Crippen LogP contribution in [0.25, 0.3) is 0 Å². The molecule has 1 aliphatic heterocycles. The summed E-state index contributed by atoms with van der Waals surface area (Å²) in [7, 11) is 2.94. The highest BCUT2D eigenvalue weighted by Gasteiger charge is 2.46. The summed E-state index contributed by atoms with van der Waals surface area (Å²) < 4.78 is 51.5. The van der Waals surface area contributed by atoms with Crippen LogP contribution in [0.4, 0.5) is 18.9 Å². The molecule has 0 aliphatic carbocycles. The van der Waals surface area contributed by atoms with E-state index in [4.69, 9.17) is 9.47 Å². The first-order valence-electron chi connectivity index (χ1n) is 9.73. The number of amides is 2. The number of halogens is 4. The average molecular weight is 562 g/mol. The third-order valence-corrected chi connectivity index (χ3v) is 6.17. The van der Waals surface area contributed by atoms with Gasteiger partial charge in [-0.25, -0.2) is 0 Å². The third-order valence-electron chi connectivity index (χ3n) is 5.28. The molecule has 1 atom stereocenters. The third kappa shape index (κ3) is 5.11. The number of carbonyl (C=O) groups excluding carboxylic acids is 2. The van der Waals surface area contributed by atoms with Gasteiger partial charge in [-0.3, -0.25) is 9.59 Å². The minimum Gasteiger partial charge on any atom is -0.493 e. The predicted molar refractivity (Wildman–Crippen MR) is 121 cm³/mol. The molecule has 3 rings (SSSR count). The van der Waals surface area contributed by atoms with E-state index in [-0.39, 0.29) is 25.3 Å². The molecule has 1 unspecified atom stereocenters. The van der Waals surface area contributed by atoms with Crippen molar-refractivity contribution in [2.24, 2.45) is 0 Å². The molecule has 0 spiro atoms. The molecule has 0 saturated heterocycles. The first-order valence-corrected chi connectivity index (χ1v) is 10.8. The van der Waals surface area contributed by atoms with Gasteiger partial charge in [0.05, 0.1) is 25.9 Å². The molecule has 0 aromatic heterocycles. The fourth-order valence-electron chi connectivity index (χ4n) is 3.85. The lowest BCUT2D eigenvalue weighted by Gasteiger charge is -2.38. The van der Waals surface area contributed by atoms with Crippen molar-refractivity contribution in [1.82, 2.24) is 4.90 Å². The highest BCUT2D eigenvalue weighted by atomic mass is 127. The van der Waals surface area contributed by atoms with Crippen LogP contribution in [0.3, 0.4) is 0 Å². The van der Waals surface area contributed by atoms with E-state index in [1.54, 1.807) is 30.3 Å². The Bertz CT molecular complexity index is 1040. The predicted octanol–water partition coefficient (Wildman–Crippen LogP) is 4.50. The van der Waals surface area contributed by atoms with Crippen molar-refractivity contribution in [3.8, 4) is 11.5 Å². The van der Waals surface area contributed by atoms with Gasteiger partial charge in [0.1, 0.15) is 0 Å². The average Bonchev–Trinajstić information content (AvgIpc) is 2.73. The molecular formula is C22H22F3IN2O4. The summed E-state index contributed by atoms with van der Waals surface area (Å²) in [6, 6.07) is 7.78. The second kappa shape index (κ2) is 9.55. The zero-order chi connectivity index (χ0) is 23.6. The Hall–Kier alpha value is -2.50. The van der Waals surface area contributed by atoms with Gasteiger partial charge in [0.15, 0.2) is 11.5 Å². The Kier molecular flexibility index (Phi) is 7.21. The molecular weight excluding hydrogens is 540 g/mol. The van der Waals surface area contributed by atoms with Crippen molar-refractivity contribution in [3.05, 3.63) is 50.6 Å². The number of nitrogens with one attached hydrogen (secondary N) is 1. The highest BCUT2D eigenvalue weighted by Crippen LogP contribution is 2.41. The molecule has 0 bridgehead atoms. The minimum atomic E-state index is -4.98. The second-order valence-electron chi connectivity index (χ2n) is 7.37. The summed E-state index contributed by atoms with van der Waals surface area (Å²) in [6.07, 6.45) is -4.54. The van der Waals surface area contributed by atoms with Crippen LogP contribution >= 0.6 is 22.6 Å². The van der Waals surface area contributed by atoms with E-state index in [1.807, 2.05) is 0 Å². The lowest BCUT2D eigenvalue weighted by molar-refractivity contribution is -0.188. The SMILES string of the molecule is COc1cc2c(cc1OC)C(Cc1ccc(NC(C)=O)c(I)c1)N(C(=O)C(F)(F)F)CC2. The Morgan fingerprint density at radius 2 is 1.81 bits per heavy atom. The van der Waals surface area contributed by atoms with Crippen LogP contribution in [-0.2, 0) is 22.4 Å². The maximum absolute atomic E-state index is 13.3. The van der Waals surface area contributed by atoms with Crippen molar-refractivity contribution in [2.45, 2.75) is 32.0 Å². The number of rotatable bonds is 5. The van der Waals surface area contributed by atoms with Gasteiger partial charge in [-0.15, -0.1) is 0 Å². The van der Waals surface area contributed by atoms with Crippen molar-refractivity contribution >= 4 is 40.1 Å². The van der Waals surface area contributed by atoms with Gasteiger partial charge in [-0.05, 0) is 76.4 Å². The van der Waals surface area contributed by atoms with E-state index in [0.29, 0.717) is 22.7 Å². The molecule has 0 saturated carbocycles. The van der Waals surface area contributed by atoms with E-state index in [9.17, 15) is 22.8 Å². The molecule has 32 heavy (non-hydrogen) atoms. The van der Waals surface area contributed by atoms with E-state index < -0.39 is 18.1 Å². The van der Waals surface area contributed by atoms with Crippen molar-refractivity contribution in [3.63, 3.8) is 0 Å². The Labute approximate surface area is 197 Å². The van der Waals surface area contributed by atoms with Gasteiger partial charge in [-0.2, -0.15) is 13.2 Å². The summed E-state index contributed by atoms with van der Waals surface area (Å²) in [4.78, 5) is 24.5. The molecule has 0 radical (unpaired) electrons. The summed E-state index contributed by atoms with van der Waals surface area (Å²) >= 11 is 2.05. The molecule has 10 heteroatoms. The van der Waals surface area contributed by atoms with Crippen LogP contribution < -0.4 is 14.8 Å². The molecule has 1 N–H and O–H groups in total. The molecule has 0 fully saturated rings. The van der Waals surface area contributed by atoms with Crippen LogP contribution in [0.1, 0.15) is 29.7 Å². The number of anilines is 1. The minimum absolute atomic E-state index is 0.0629. The first kappa shape index (κ1) is 24.1. The maximum Gasteiger partial charge on any atom is 0.471 e. The molecule has 1 aliphatic rings. The Balaban J connectivity index is 2.05. The topological polar surface area (TPSA) is 67.9 Å². The molecule has 172 valence electrons. The Morgan fingerprint density at radius 3 is 2.38 bits per heavy atom. The summed E-state index contributed by atoms with van der Waals surface area (Å²) in [5.74, 6) is -1.23. The van der Waals surface area contributed by atoms with Crippen LogP contribution in [0.15, 0.2) is 30.3 Å². The van der Waals surface area contributed by atoms with E-state index in [1.165, 1.54) is 21.1 Å². The highest BCUT2D eigenvalue weighted by molar-refractivity contribution is 14.1. The summed E-state index contributed by atoms with van der Waals surface area (Å²) in [6.45, 7) is 1.33. The fourth-order valence-corrected chi connectivity index (χ4v) is 4.57. The van der Waals surface area contributed by atoms with Gasteiger partial charge in [-0.1, -0.05) is 6.07 Å². The number of alkyl halides is 3. The van der Waals surface area contributed by atoms with Gasteiger partial charge in [0, 0.05) is 17.0 Å². The number of fused-ring (bicyclic) bond motifs is 1. The molecule has 2 aromatic rings. The normalized spacial score (nSPS) is 15.7. The van der Waals surface area contributed by atoms with E-state index in [2.05, 4.69) is 27.9 Å². The number of carbonyl (C=O) groups is 2. The lowest BCUT2D eigenvalue weighted by atomic mass is 9.88. The fraction of sp³-hybridized carbons (Fsp3) is 0.364. The standard InChI is InChI=1S/C22H22F3IN2O4/c1-12(29)27-17-5-4-13(8-16(17)26)9-18-15-11-20(32-3)19(31-2)10-14(15)6-7-28(18)21(30)22(23,24)25/h4-5,8,10-11,18H,6-7,9H2,1-3H3,(H,27,29). The van der Waals surface area contributed by atoms with Gasteiger partial charge < -0.3 is 19.7 Å². The monoisotopic (exact) mass is 562 g/mol. The van der Waals surface area contributed by atoms with Crippen LogP contribution in [0.2, 0.25) is 0 Å². The summed E-state index contributed by atoms with van der Waals surface area (Å²) in [5, 5.41) is 2.70. The Morgan fingerprint density at radius 1 is 1.16 bits per heavy atom. The number of methoxy groups -OCH3 is 2. The molecule has 1 heterocycles. The van der Waals surface area contributed by atoms with Crippen molar-refractivity contribution < 1.29 is 32.2 Å². The van der Waals surface area contributed by atoms with E-state index in [0.717, 1.165) is 19.6 Å². The van der Waals surface area contributed by atoms with Gasteiger partial charge >= 0.3 is 12.1 Å². The van der Waals surface area contributed by atoms with Crippen LogP contribution in [-0.4, -0.2) is 43.7 Å². The molecule has 2 aromatic carbocycles. The maximum atomic E-state index is 13.3. The quantitative estimate of drug-likeness (QED) is 0.546. The van der Waals surface area contributed by atoms with Crippen molar-refractivity contribution in [1.29, 1.82) is 0 Å². The van der Waals surface area contributed by atoms with Crippen molar-refractivity contribution in [2.75, 3.05) is 26.1 Å². The number of ether oxygens (including phenoxy) is 2. The number of nitrogens with zero attached hydrogens (tertiary/aromatic N) is 1. The molecule has 2 amide bonds. The van der Waals surface area contributed by atoms with Gasteiger partial charge in [0.2, 0.25) is 5.91 Å². The molecule has 6 nitrogen and oxygen atoms in total. The van der Waals surface area contributed by atoms with Gasteiger partial charge in [0.25, 0.3) is 0 Å². The zero-order valence-electron chi connectivity index (χ0n) is 17.7. The number of benzene rings is 2. The number of hydrogen-bond donors (Lipinski definition) is 1. The second-order valence-corrected chi connectivity index (χ2v) is 8.53. The summed E-state index contributed by atoms with van der Waals surface area (Å²) in [5.41, 5.74) is 2.74. The van der Waals surface area contributed by atoms with E-state index >= 15 is 0 Å². The first-order chi connectivity index (χ1) is 15.0. The van der Waals surface area contributed by atoms with Crippen LogP contribution in [0, 0.1) is 3.57 Å². The zero-order valence-corrected chi connectivity index (χ0v) is 19.8. The smallest absolute Gasteiger partial charge is 0.471 e.